The van der Waals surface area contributed by atoms with Crippen LogP contribution in [0.5, 0.6) is 5.75 Å². The summed E-state index contributed by atoms with van der Waals surface area (Å²) in [6.07, 6.45) is 0. The quantitative estimate of drug-likeness (QED) is 0.718. The van der Waals surface area contributed by atoms with Gasteiger partial charge in [-0.1, -0.05) is 39.0 Å². The molecule has 0 aromatic heterocycles. The summed E-state index contributed by atoms with van der Waals surface area (Å²) in [5.41, 5.74) is 1.99. The minimum atomic E-state index is -1.25. The fourth-order valence-electron chi connectivity index (χ4n) is 3.62. The van der Waals surface area contributed by atoms with Crippen molar-refractivity contribution in [2.75, 3.05) is 19.0 Å². The summed E-state index contributed by atoms with van der Waals surface area (Å²) < 4.78 is 5.26. The van der Waals surface area contributed by atoms with Crippen LogP contribution >= 0.6 is 0 Å². The SMILES string of the molecule is COc1ccc(C2(C)NC(=O)N(CC(=O)Nc3ccc(C(C)(C)C)cc3)C2=O)cc1C. The van der Waals surface area contributed by atoms with Crippen molar-refractivity contribution in [3.05, 3.63) is 59.2 Å². The molecule has 7 heteroatoms. The van der Waals surface area contributed by atoms with Gasteiger partial charge in [-0.15, -0.1) is 0 Å². The summed E-state index contributed by atoms with van der Waals surface area (Å²) in [6.45, 7) is 9.47. The minimum absolute atomic E-state index is 0.00681. The highest BCUT2D eigenvalue weighted by atomic mass is 16.5. The number of imide groups is 1. The van der Waals surface area contributed by atoms with Crippen molar-refractivity contribution in [3.63, 3.8) is 0 Å². The Labute approximate surface area is 182 Å². The lowest BCUT2D eigenvalue weighted by atomic mass is 9.87. The van der Waals surface area contributed by atoms with Gasteiger partial charge >= 0.3 is 6.03 Å². The lowest BCUT2D eigenvalue weighted by Crippen LogP contribution is -2.42. The number of hydrogen-bond acceptors (Lipinski definition) is 4. The Kier molecular flexibility index (Phi) is 5.81. The molecule has 4 amide bonds. The second-order valence-corrected chi connectivity index (χ2v) is 9.01. The predicted molar refractivity (Wildman–Crippen MR) is 119 cm³/mol. The van der Waals surface area contributed by atoms with E-state index >= 15 is 0 Å². The van der Waals surface area contributed by atoms with Gasteiger partial charge in [-0.2, -0.15) is 0 Å². The third kappa shape index (κ3) is 4.40. The number of benzene rings is 2. The van der Waals surface area contributed by atoms with Crippen LogP contribution in [-0.2, 0) is 20.5 Å². The highest BCUT2D eigenvalue weighted by molar-refractivity contribution is 6.10. The number of anilines is 1. The second kappa shape index (κ2) is 8.06. The summed E-state index contributed by atoms with van der Waals surface area (Å²) in [5.74, 6) is -0.222. The molecule has 0 aliphatic carbocycles. The molecule has 164 valence electrons. The van der Waals surface area contributed by atoms with Crippen LogP contribution in [0.15, 0.2) is 42.5 Å². The smallest absolute Gasteiger partial charge is 0.325 e. The molecule has 1 heterocycles. The van der Waals surface area contributed by atoms with Crippen molar-refractivity contribution >= 4 is 23.5 Å². The molecule has 0 radical (unpaired) electrons. The first-order valence-corrected chi connectivity index (χ1v) is 10.2. The number of carbonyl (C=O) groups is 3. The molecule has 2 aromatic carbocycles. The fourth-order valence-corrected chi connectivity index (χ4v) is 3.62. The van der Waals surface area contributed by atoms with Crippen molar-refractivity contribution < 1.29 is 19.1 Å². The fraction of sp³-hybridized carbons (Fsp3) is 0.375. The molecule has 1 aliphatic heterocycles. The predicted octanol–water partition coefficient (Wildman–Crippen LogP) is 3.71. The molecule has 31 heavy (non-hydrogen) atoms. The van der Waals surface area contributed by atoms with Gasteiger partial charge in [-0.3, -0.25) is 14.5 Å². The molecule has 0 saturated carbocycles. The maximum Gasteiger partial charge on any atom is 0.325 e. The van der Waals surface area contributed by atoms with Crippen LogP contribution in [-0.4, -0.2) is 36.4 Å². The van der Waals surface area contributed by atoms with Gasteiger partial charge in [-0.05, 0) is 60.2 Å². The third-order valence-electron chi connectivity index (χ3n) is 5.58. The van der Waals surface area contributed by atoms with Crippen molar-refractivity contribution in [3.8, 4) is 5.75 Å². The molecule has 1 atom stereocenters. The average Bonchev–Trinajstić information content (AvgIpc) is 2.91. The van der Waals surface area contributed by atoms with Crippen LogP contribution in [0.25, 0.3) is 0 Å². The summed E-state index contributed by atoms with van der Waals surface area (Å²) in [5, 5.41) is 5.47. The topological polar surface area (TPSA) is 87.7 Å². The van der Waals surface area contributed by atoms with Gasteiger partial charge in [0.1, 0.15) is 17.8 Å². The number of nitrogens with one attached hydrogen (secondary N) is 2. The summed E-state index contributed by atoms with van der Waals surface area (Å²) in [6, 6.07) is 12.2. The average molecular weight is 424 g/mol. The second-order valence-electron chi connectivity index (χ2n) is 9.01. The molecule has 1 unspecified atom stereocenters. The van der Waals surface area contributed by atoms with E-state index in [0.29, 0.717) is 17.0 Å². The van der Waals surface area contributed by atoms with Crippen molar-refractivity contribution in [2.24, 2.45) is 0 Å². The van der Waals surface area contributed by atoms with E-state index in [1.165, 1.54) is 0 Å². The zero-order valence-corrected chi connectivity index (χ0v) is 18.8. The number of carbonyl (C=O) groups excluding carboxylic acids is 3. The van der Waals surface area contributed by atoms with Gasteiger partial charge in [0.15, 0.2) is 0 Å². The normalized spacial score (nSPS) is 18.7. The van der Waals surface area contributed by atoms with Crippen LogP contribution in [0.4, 0.5) is 10.5 Å². The van der Waals surface area contributed by atoms with E-state index < -0.39 is 23.4 Å². The van der Waals surface area contributed by atoms with Gasteiger partial charge in [0.05, 0.1) is 7.11 Å². The van der Waals surface area contributed by atoms with Crippen LogP contribution in [0, 0.1) is 6.92 Å². The first kappa shape index (κ1) is 22.3. The summed E-state index contributed by atoms with van der Waals surface area (Å²) in [7, 11) is 1.57. The van der Waals surface area contributed by atoms with Crippen molar-refractivity contribution in [1.82, 2.24) is 10.2 Å². The van der Waals surface area contributed by atoms with Gasteiger partial charge in [-0.25, -0.2) is 4.79 Å². The Morgan fingerprint density at radius 2 is 1.77 bits per heavy atom. The van der Waals surface area contributed by atoms with Gasteiger partial charge in [0.2, 0.25) is 5.91 Å². The number of rotatable bonds is 5. The summed E-state index contributed by atoms with van der Waals surface area (Å²) >= 11 is 0. The monoisotopic (exact) mass is 423 g/mol. The van der Waals surface area contributed by atoms with E-state index in [1.54, 1.807) is 32.2 Å². The lowest BCUT2D eigenvalue weighted by molar-refractivity contribution is -0.133. The Hall–Kier alpha value is -3.35. The molecule has 3 rings (SSSR count). The van der Waals surface area contributed by atoms with Crippen LogP contribution in [0.3, 0.4) is 0 Å². The molecule has 2 N–H and O–H groups in total. The first-order valence-electron chi connectivity index (χ1n) is 10.2. The molecule has 1 fully saturated rings. The van der Waals surface area contributed by atoms with Crippen molar-refractivity contribution in [1.29, 1.82) is 0 Å². The number of hydrogen-bond donors (Lipinski definition) is 2. The molecular formula is C24H29N3O4. The van der Waals surface area contributed by atoms with E-state index in [0.717, 1.165) is 16.0 Å². The van der Waals surface area contributed by atoms with Crippen LogP contribution in [0.1, 0.15) is 44.4 Å². The lowest BCUT2D eigenvalue weighted by Gasteiger charge is -2.23. The molecule has 0 bridgehead atoms. The maximum absolute atomic E-state index is 13.1. The van der Waals surface area contributed by atoms with Crippen LogP contribution < -0.4 is 15.4 Å². The molecule has 2 aromatic rings. The highest BCUT2D eigenvalue weighted by Gasteiger charge is 2.49. The van der Waals surface area contributed by atoms with Crippen molar-refractivity contribution in [2.45, 2.75) is 45.6 Å². The van der Waals surface area contributed by atoms with E-state index in [9.17, 15) is 14.4 Å². The number of aryl methyl sites for hydroxylation is 1. The largest absolute Gasteiger partial charge is 0.496 e. The third-order valence-corrected chi connectivity index (χ3v) is 5.58. The highest BCUT2D eigenvalue weighted by Crippen LogP contribution is 2.31. The minimum Gasteiger partial charge on any atom is -0.496 e. The zero-order chi connectivity index (χ0) is 23.0. The maximum atomic E-state index is 13.1. The summed E-state index contributed by atoms with van der Waals surface area (Å²) in [4.78, 5) is 39.1. The van der Waals surface area contributed by atoms with Crippen LogP contribution in [0.2, 0.25) is 0 Å². The van der Waals surface area contributed by atoms with E-state index in [4.69, 9.17) is 4.74 Å². The number of methoxy groups -OCH3 is 1. The molecule has 7 nitrogen and oxygen atoms in total. The Morgan fingerprint density at radius 1 is 1.13 bits per heavy atom. The van der Waals surface area contributed by atoms with Gasteiger partial charge in [0.25, 0.3) is 5.91 Å². The molecule has 0 spiro atoms. The number of amides is 4. The Balaban J connectivity index is 1.72. The Bertz CT molecular complexity index is 1020. The molecule has 1 saturated heterocycles. The number of ether oxygens (including phenoxy) is 1. The number of nitrogens with zero attached hydrogens (tertiary/aromatic N) is 1. The molecule has 1 aliphatic rings. The van der Waals surface area contributed by atoms with Gasteiger partial charge in [0, 0.05) is 5.69 Å². The van der Waals surface area contributed by atoms with E-state index in [2.05, 4.69) is 31.4 Å². The number of urea groups is 1. The van der Waals surface area contributed by atoms with E-state index in [-0.39, 0.29) is 12.0 Å². The van der Waals surface area contributed by atoms with E-state index in [1.807, 2.05) is 31.2 Å². The molecular weight excluding hydrogens is 394 g/mol. The standard InChI is InChI=1S/C24H29N3O4/c1-15-13-17(9-12-19(15)31-6)24(5)21(29)27(22(30)26-24)14-20(28)25-18-10-7-16(8-11-18)23(2,3)4/h7-13H,14H2,1-6H3,(H,25,28)(H,26,30). The first-order chi connectivity index (χ1) is 14.5. The Morgan fingerprint density at radius 3 is 2.32 bits per heavy atom. The van der Waals surface area contributed by atoms with Gasteiger partial charge < -0.3 is 15.4 Å². The zero-order valence-electron chi connectivity index (χ0n) is 18.8.